The number of aromatic amines is 1. The van der Waals surface area contributed by atoms with Gasteiger partial charge in [-0.15, -0.1) is 0 Å². The number of carbonyl (C=O) groups excluding carboxylic acids is 1. The van der Waals surface area contributed by atoms with Crippen molar-refractivity contribution in [2.75, 3.05) is 12.4 Å². The maximum Gasteiger partial charge on any atom is 0.272 e. The molecule has 0 bridgehead atoms. The summed E-state index contributed by atoms with van der Waals surface area (Å²) in [6, 6.07) is 15.1. The number of aryl methyl sites for hydroxylation is 1. The quantitative estimate of drug-likeness (QED) is 0.768. The normalized spacial score (nSPS) is 10.6. The Hall–Kier alpha value is -2.75. The Balaban J connectivity index is 1.96. The molecule has 4 heteroatoms. The summed E-state index contributed by atoms with van der Waals surface area (Å²) in [5.41, 5.74) is 3.17. The van der Waals surface area contributed by atoms with Crippen molar-refractivity contribution in [2.45, 2.75) is 6.92 Å². The second-order valence-electron chi connectivity index (χ2n) is 4.86. The predicted octanol–water partition coefficient (Wildman–Crippen LogP) is 3.74. The molecule has 0 radical (unpaired) electrons. The number of carbonyl (C=O) groups is 1. The van der Waals surface area contributed by atoms with Gasteiger partial charge in [0.05, 0.1) is 7.11 Å². The summed E-state index contributed by atoms with van der Waals surface area (Å²) in [4.78, 5) is 15.6. The molecule has 1 amide bonds. The molecule has 3 aromatic rings. The van der Waals surface area contributed by atoms with Crippen LogP contribution in [-0.4, -0.2) is 18.0 Å². The van der Waals surface area contributed by atoms with Gasteiger partial charge in [-0.05, 0) is 36.8 Å². The number of H-pyrrole nitrogens is 1. The Kier molecular flexibility index (Phi) is 3.36. The van der Waals surface area contributed by atoms with Gasteiger partial charge in [0.15, 0.2) is 0 Å². The third-order valence-corrected chi connectivity index (χ3v) is 3.52. The standard InChI is InChI=1S/C17H16N2O2/c1-11-14-9-8-13(21-2)10-15(14)19-16(11)17(20)18-12-6-4-3-5-7-12/h3-10,19H,1-2H3,(H,18,20). The number of hydrogen-bond acceptors (Lipinski definition) is 2. The van der Waals surface area contributed by atoms with Crippen molar-refractivity contribution in [3.8, 4) is 5.75 Å². The molecule has 0 spiro atoms. The van der Waals surface area contributed by atoms with Crippen LogP contribution in [0.15, 0.2) is 48.5 Å². The molecule has 4 nitrogen and oxygen atoms in total. The minimum atomic E-state index is -0.145. The van der Waals surface area contributed by atoms with Gasteiger partial charge in [0.2, 0.25) is 0 Å². The van der Waals surface area contributed by atoms with Crippen molar-refractivity contribution in [3.05, 3.63) is 59.8 Å². The number of para-hydroxylation sites is 1. The smallest absolute Gasteiger partial charge is 0.272 e. The van der Waals surface area contributed by atoms with E-state index in [9.17, 15) is 4.79 Å². The Bertz CT molecular complexity index is 791. The van der Waals surface area contributed by atoms with Crippen LogP contribution in [0.25, 0.3) is 10.9 Å². The molecule has 1 heterocycles. The van der Waals surface area contributed by atoms with E-state index in [1.54, 1.807) is 7.11 Å². The van der Waals surface area contributed by atoms with Crippen LogP contribution in [0.1, 0.15) is 16.1 Å². The zero-order valence-corrected chi connectivity index (χ0v) is 11.9. The fourth-order valence-corrected chi connectivity index (χ4v) is 2.39. The molecule has 0 saturated carbocycles. The van der Waals surface area contributed by atoms with Gasteiger partial charge in [-0.2, -0.15) is 0 Å². The third-order valence-electron chi connectivity index (χ3n) is 3.52. The molecule has 106 valence electrons. The summed E-state index contributed by atoms with van der Waals surface area (Å²) in [7, 11) is 1.62. The Morgan fingerprint density at radius 2 is 1.90 bits per heavy atom. The molecule has 21 heavy (non-hydrogen) atoms. The van der Waals surface area contributed by atoms with Crippen molar-refractivity contribution in [2.24, 2.45) is 0 Å². The number of amides is 1. The first-order valence-corrected chi connectivity index (χ1v) is 6.72. The molecule has 0 aliphatic rings. The van der Waals surface area contributed by atoms with Crippen LogP contribution in [0.4, 0.5) is 5.69 Å². The zero-order chi connectivity index (χ0) is 14.8. The van der Waals surface area contributed by atoms with Crippen LogP contribution in [0, 0.1) is 6.92 Å². The monoisotopic (exact) mass is 280 g/mol. The largest absolute Gasteiger partial charge is 0.497 e. The maximum atomic E-state index is 12.4. The summed E-state index contributed by atoms with van der Waals surface area (Å²) in [5.74, 6) is 0.618. The summed E-state index contributed by atoms with van der Waals surface area (Å²) < 4.78 is 5.21. The first-order valence-electron chi connectivity index (χ1n) is 6.72. The second-order valence-corrected chi connectivity index (χ2v) is 4.86. The van der Waals surface area contributed by atoms with E-state index in [-0.39, 0.29) is 5.91 Å². The number of anilines is 1. The summed E-state index contributed by atoms with van der Waals surface area (Å²) in [5, 5.41) is 3.91. The highest BCUT2D eigenvalue weighted by molar-refractivity contribution is 6.07. The Morgan fingerprint density at radius 1 is 1.14 bits per heavy atom. The minimum Gasteiger partial charge on any atom is -0.497 e. The van der Waals surface area contributed by atoms with E-state index < -0.39 is 0 Å². The fourth-order valence-electron chi connectivity index (χ4n) is 2.39. The number of benzene rings is 2. The molecule has 0 unspecified atom stereocenters. The number of ether oxygens (including phenoxy) is 1. The number of nitrogens with one attached hydrogen (secondary N) is 2. The van der Waals surface area contributed by atoms with E-state index in [0.29, 0.717) is 5.69 Å². The molecule has 1 aromatic heterocycles. The maximum absolute atomic E-state index is 12.4. The number of aromatic nitrogens is 1. The van der Waals surface area contributed by atoms with Crippen LogP contribution >= 0.6 is 0 Å². The highest BCUT2D eigenvalue weighted by Gasteiger charge is 2.15. The van der Waals surface area contributed by atoms with Crippen LogP contribution in [0.3, 0.4) is 0 Å². The van der Waals surface area contributed by atoms with Crippen LogP contribution in [-0.2, 0) is 0 Å². The molecular formula is C17H16N2O2. The van der Waals surface area contributed by atoms with Crippen molar-refractivity contribution in [1.29, 1.82) is 0 Å². The lowest BCUT2D eigenvalue weighted by atomic mass is 10.1. The lowest BCUT2D eigenvalue weighted by Gasteiger charge is -2.04. The van der Waals surface area contributed by atoms with Crippen molar-refractivity contribution in [3.63, 3.8) is 0 Å². The molecule has 0 aliphatic carbocycles. The summed E-state index contributed by atoms with van der Waals surface area (Å²) >= 11 is 0. The van der Waals surface area contributed by atoms with Crippen molar-refractivity contribution >= 4 is 22.5 Å². The molecule has 0 atom stereocenters. The molecule has 3 rings (SSSR count). The topological polar surface area (TPSA) is 54.1 Å². The van der Waals surface area contributed by atoms with Gasteiger partial charge in [0.25, 0.3) is 5.91 Å². The van der Waals surface area contributed by atoms with Crippen molar-refractivity contribution in [1.82, 2.24) is 4.98 Å². The first kappa shape index (κ1) is 13.2. The van der Waals surface area contributed by atoms with Gasteiger partial charge in [-0.25, -0.2) is 0 Å². The Morgan fingerprint density at radius 3 is 2.62 bits per heavy atom. The highest BCUT2D eigenvalue weighted by atomic mass is 16.5. The first-order chi connectivity index (χ1) is 10.2. The van der Waals surface area contributed by atoms with Gasteiger partial charge in [0.1, 0.15) is 11.4 Å². The van der Waals surface area contributed by atoms with Crippen molar-refractivity contribution < 1.29 is 9.53 Å². The molecule has 2 N–H and O–H groups in total. The van der Waals surface area contributed by atoms with Gasteiger partial charge < -0.3 is 15.0 Å². The minimum absolute atomic E-state index is 0.145. The summed E-state index contributed by atoms with van der Waals surface area (Å²) in [6.07, 6.45) is 0. The SMILES string of the molecule is COc1ccc2c(C)c(C(=O)Nc3ccccc3)[nH]c2c1. The lowest BCUT2D eigenvalue weighted by molar-refractivity contribution is 0.102. The second kappa shape index (κ2) is 5.32. The van der Waals surface area contributed by atoms with E-state index in [2.05, 4.69) is 10.3 Å². The van der Waals surface area contributed by atoms with Crippen LogP contribution < -0.4 is 10.1 Å². The number of rotatable bonds is 3. The van der Waals surface area contributed by atoms with E-state index >= 15 is 0 Å². The highest BCUT2D eigenvalue weighted by Crippen LogP contribution is 2.26. The van der Waals surface area contributed by atoms with Gasteiger partial charge in [-0.1, -0.05) is 18.2 Å². The molecular weight excluding hydrogens is 264 g/mol. The third kappa shape index (κ3) is 2.48. The van der Waals surface area contributed by atoms with E-state index in [0.717, 1.165) is 27.9 Å². The van der Waals surface area contributed by atoms with Crippen LogP contribution in [0.5, 0.6) is 5.75 Å². The average molecular weight is 280 g/mol. The molecule has 0 saturated heterocycles. The lowest BCUT2D eigenvalue weighted by Crippen LogP contribution is -2.13. The zero-order valence-electron chi connectivity index (χ0n) is 11.9. The number of methoxy groups -OCH3 is 1. The molecule has 0 fully saturated rings. The fraction of sp³-hybridized carbons (Fsp3) is 0.118. The van der Waals surface area contributed by atoms with E-state index in [1.807, 2.05) is 55.5 Å². The number of fused-ring (bicyclic) bond motifs is 1. The number of hydrogen-bond donors (Lipinski definition) is 2. The molecule has 0 aliphatic heterocycles. The Labute approximate surface area is 122 Å². The van der Waals surface area contributed by atoms with E-state index in [1.165, 1.54) is 0 Å². The molecule has 2 aromatic carbocycles. The van der Waals surface area contributed by atoms with Gasteiger partial charge in [0, 0.05) is 22.7 Å². The summed E-state index contributed by atoms with van der Waals surface area (Å²) in [6.45, 7) is 1.94. The van der Waals surface area contributed by atoms with Crippen LogP contribution in [0.2, 0.25) is 0 Å². The van der Waals surface area contributed by atoms with Gasteiger partial charge >= 0.3 is 0 Å². The van der Waals surface area contributed by atoms with E-state index in [4.69, 9.17) is 4.74 Å². The average Bonchev–Trinajstić information content (AvgIpc) is 2.85. The van der Waals surface area contributed by atoms with Gasteiger partial charge in [-0.3, -0.25) is 4.79 Å². The predicted molar refractivity (Wildman–Crippen MR) is 84.0 cm³/mol.